The fourth-order valence-electron chi connectivity index (χ4n) is 4.88. The minimum Gasteiger partial charge on any atom is -0.487 e. The third-order valence-corrected chi connectivity index (χ3v) is 6.88. The summed E-state index contributed by atoms with van der Waals surface area (Å²) >= 11 is 5.75. The van der Waals surface area contributed by atoms with E-state index in [-0.39, 0.29) is 47.4 Å². The normalized spacial score (nSPS) is 28.0. The highest BCUT2D eigenvalue weighted by Gasteiger charge is 2.43. The Kier molecular flexibility index (Phi) is 10.2. The molecule has 0 radical (unpaired) electrons. The zero-order chi connectivity index (χ0) is 24.7. The summed E-state index contributed by atoms with van der Waals surface area (Å²) in [6.07, 6.45) is 6.40. The Hall–Kier alpha value is -1.67. The van der Waals surface area contributed by atoms with E-state index in [4.69, 9.17) is 25.8 Å². The van der Waals surface area contributed by atoms with E-state index in [1.54, 1.807) is 12.1 Å². The van der Waals surface area contributed by atoms with E-state index in [1.165, 1.54) is 12.1 Å². The standard InChI is InChI=1S/C26H36ClFO6/c1-16(2)34-25(31)8-3-5-17-9-11-20-19(22(30)13-24(20)32-14-17)12-10-18(29)15-33-23-7-4-6-21(27)26(23)28/h4,6-7,10,12,16-20,22,24,29-30H,3,5,8-9,11,13-15H2,1-2H3/b12-10+/t17-,18+,19+,20+,22+,24-/m0/s1. The molecule has 190 valence electrons. The van der Waals surface area contributed by atoms with Gasteiger partial charge in [0.15, 0.2) is 11.6 Å². The number of hydrogen-bond donors (Lipinski definition) is 2. The summed E-state index contributed by atoms with van der Waals surface area (Å²) in [5.41, 5.74) is 0. The number of fused-ring (bicyclic) bond motifs is 1. The molecule has 0 spiro atoms. The first-order chi connectivity index (χ1) is 16.2. The molecule has 1 aliphatic heterocycles. The number of hydrogen-bond acceptors (Lipinski definition) is 6. The zero-order valence-corrected chi connectivity index (χ0v) is 20.6. The fourth-order valence-corrected chi connectivity index (χ4v) is 5.05. The molecule has 2 fully saturated rings. The van der Waals surface area contributed by atoms with Gasteiger partial charge in [0.2, 0.25) is 0 Å². The first kappa shape index (κ1) is 26.9. The van der Waals surface area contributed by atoms with Gasteiger partial charge in [-0.25, -0.2) is 4.39 Å². The molecular weight excluding hydrogens is 463 g/mol. The SMILES string of the molecule is CC(C)OC(=O)CCC[C@H]1CC[C@@H]2[C@@H](/C=C/[C@@H](O)COc3cccc(Cl)c3F)[C@H](O)C[C@@H]2OC1. The predicted molar refractivity (Wildman–Crippen MR) is 127 cm³/mol. The van der Waals surface area contributed by atoms with Crippen LogP contribution in [0.2, 0.25) is 5.02 Å². The second-order valence-corrected chi connectivity index (χ2v) is 10.0. The molecule has 2 N–H and O–H groups in total. The maximum Gasteiger partial charge on any atom is 0.306 e. The minimum absolute atomic E-state index is 0.0124. The number of aliphatic hydroxyl groups is 2. The summed E-state index contributed by atoms with van der Waals surface area (Å²) in [6.45, 7) is 4.20. The molecule has 1 saturated heterocycles. The number of aliphatic hydroxyl groups excluding tert-OH is 2. The number of esters is 1. The molecule has 1 saturated carbocycles. The first-order valence-corrected chi connectivity index (χ1v) is 12.5. The highest BCUT2D eigenvalue weighted by atomic mass is 35.5. The Labute approximate surface area is 206 Å². The van der Waals surface area contributed by atoms with Gasteiger partial charge in [0.25, 0.3) is 0 Å². The number of rotatable bonds is 10. The zero-order valence-electron chi connectivity index (χ0n) is 19.9. The quantitative estimate of drug-likeness (QED) is 0.359. The molecule has 0 amide bonds. The number of carbonyl (C=O) groups is 1. The Morgan fingerprint density at radius 2 is 2.15 bits per heavy atom. The lowest BCUT2D eigenvalue weighted by Crippen LogP contribution is -2.22. The maximum atomic E-state index is 13.9. The van der Waals surface area contributed by atoms with Gasteiger partial charge in [-0.1, -0.05) is 29.8 Å². The highest BCUT2D eigenvalue weighted by Crippen LogP contribution is 2.42. The molecule has 3 rings (SSSR count). The number of halogens is 2. The smallest absolute Gasteiger partial charge is 0.306 e. The Balaban J connectivity index is 1.47. The number of carbonyl (C=O) groups excluding carboxylic acids is 1. The number of benzene rings is 1. The van der Waals surface area contributed by atoms with Gasteiger partial charge in [-0.2, -0.15) is 0 Å². The van der Waals surface area contributed by atoms with Crippen LogP contribution in [0.5, 0.6) is 5.75 Å². The second kappa shape index (κ2) is 12.9. The van der Waals surface area contributed by atoms with Crippen LogP contribution < -0.4 is 4.74 Å². The van der Waals surface area contributed by atoms with Crippen molar-refractivity contribution in [2.75, 3.05) is 13.2 Å². The monoisotopic (exact) mass is 498 g/mol. The van der Waals surface area contributed by atoms with Gasteiger partial charge in [0, 0.05) is 25.4 Å². The van der Waals surface area contributed by atoms with Gasteiger partial charge in [-0.05, 0) is 63.5 Å². The third kappa shape index (κ3) is 7.67. The van der Waals surface area contributed by atoms with Gasteiger partial charge >= 0.3 is 5.97 Å². The van der Waals surface area contributed by atoms with E-state index in [9.17, 15) is 19.4 Å². The van der Waals surface area contributed by atoms with E-state index in [2.05, 4.69) is 0 Å². The molecule has 1 aromatic carbocycles. The third-order valence-electron chi connectivity index (χ3n) is 6.59. The topological polar surface area (TPSA) is 85.2 Å². The predicted octanol–water partition coefficient (Wildman–Crippen LogP) is 4.69. The molecule has 6 nitrogen and oxygen atoms in total. The Bertz CT molecular complexity index is 832. The van der Waals surface area contributed by atoms with Crippen molar-refractivity contribution in [1.29, 1.82) is 0 Å². The van der Waals surface area contributed by atoms with Gasteiger partial charge in [0.05, 0.1) is 23.3 Å². The summed E-state index contributed by atoms with van der Waals surface area (Å²) in [7, 11) is 0. The van der Waals surface area contributed by atoms with Crippen LogP contribution in [0.1, 0.15) is 52.4 Å². The van der Waals surface area contributed by atoms with E-state index in [0.717, 1.165) is 25.7 Å². The molecule has 8 heteroatoms. The van der Waals surface area contributed by atoms with Crippen molar-refractivity contribution in [3.8, 4) is 5.75 Å². The molecular formula is C26H36ClFO6. The van der Waals surface area contributed by atoms with Crippen molar-refractivity contribution >= 4 is 17.6 Å². The molecule has 1 aromatic rings. The van der Waals surface area contributed by atoms with Crippen LogP contribution in [0.3, 0.4) is 0 Å². The van der Waals surface area contributed by atoms with Gasteiger partial charge in [0.1, 0.15) is 12.7 Å². The minimum atomic E-state index is -0.949. The van der Waals surface area contributed by atoms with Crippen LogP contribution in [0.4, 0.5) is 4.39 Å². The summed E-state index contributed by atoms with van der Waals surface area (Å²) in [5, 5.41) is 20.8. The Morgan fingerprint density at radius 3 is 2.91 bits per heavy atom. The molecule has 1 heterocycles. The summed E-state index contributed by atoms with van der Waals surface area (Å²) in [5.74, 6) is -0.401. The first-order valence-electron chi connectivity index (χ1n) is 12.2. The van der Waals surface area contributed by atoms with Crippen LogP contribution >= 0.6 is 11.6 Å². The molecule has 1 aliphatic carbocycles. The van der Waals surface area contributed by atoms with E-state index in [0.29, 0.717) is 25.4 Å². The maximum absolute atomic E-state index is 13.9. The lowest BCUT2D eigenvalue weighted by Gasteiger charge is -2.21. The van der Waals surface area contributed by atoms with Crippen molar-refractivity contribution in [3.05, 3.63) is 41.2 Å². The second-order valence-electron chi connectivity index (χ2n) is 9.61. The van der Waals surface area contributed by atoms with Crippen LogP contribution in [-0.2, 0) is 14.3 Å². The van der Waals surface area contributed by atoms with Crippen molar-refractivity contribution in [2.24, 2.45) is 17.8 Å². The van der Waals surface area contributed by atoms with Gasteiger partial charge < -0.3 is 24.4 Å². The van der Waals surface area contributed by atoms with Gasteiger partial charge in [-0.3, -0.25) is 4.79 Å². The van der Waals surface area contributed by atoms with E-state index < -0.39 is 18.0 Å². The van der Waals surface area contributed by atoms with Crippen LogP contribution in [0, 0.1) is 23.6 Å². The van der Waals surface area contributed by atoms with Crippen LogP contribution in [0.25, 0.3) is 0 Å². The average molecular weight is 499 g/mol. The molecule has 0 unspecified atom stereocenters. The Morgan fingerprint density at radius 1 is 1.35 bits per heavy atom. The molecule has 0 bridgehead atoms. The van der Waals surface area contributed by atoms with Crippen LogP contribution in [-0.4, -0.2) is 53.8 Å². The largest absolute Gasteiger partial charge is 0.487 e. The highest BCUT2D eigenvalue weighted by molar-refractivity contribution is 6.30. The average Bonchev–Trinajstić information content (AvgIpc) is 2.94. The van der Waals surface area contributed by atoms with Gasteiger partial charge in [-0.15, -0.1) is 0 Å². The van der Waals surface area contributed by atoms with Crippen molar-refractivity contribution < 1.29 is 33.6 Å². The van der Waals surface area contributed by atoms with Crippen LogP contribution in [0.15, 0.2) is 30.4 Å². The number of ether oxygens (including phenoxy) is 3. The van der Waals surface area contributed by atoms with Crippen molar-refractivity contribution in [1.82, 2.24) is 0 Å². The van der Waals surface area contributed by atoms with E-state index >= 15 is 0 Å². The molecule has 2 aliphatic rings. The summed E-state index contributed by atoms with van der Waals surface area (Å²) in [6, 6.07) is 4.46. The lowest BCUT2D eigenvalue weighted by atomic mass is 9.86. The van der Waals surface area contributed by atoms with E-state index in [1.807, 2.05) is 19.9 Å². The van der Waals surface area contributed by atoms with Crippen molar-refractivity contribution in [3.63, 3.8) is 0 Å². The fraction of sp³-hybridized carbons (Fsp3) is 0.654. The molecule has 0 aromatic heterocycles. The van der Waals surface area contributed by atoms with Crippen molar-refractivity contribution in [2.45, 2.75) is 76.8 Å². The summed E-state index contributed by atoms with van der Waals surface area (Å²) < 4.78 is 30.6. The summed E-state index contributed by atoms with van der Waals surface area (Å²) in [4.78, 5) is 11.7. The lowest BCUT2D eigenvalue weighted by molar-refractivity contribution is -0.147. The molecule has 6 atom stereocenters. The molecule has 34 heavy (non-hydrogen) atoms.